The number of hydrogen-bond donors (Lipinski definition) is 1. The average molecular weight is 513 g/mol. The molecule has 1 atom stereocenters. The van der Waals surface area contributed by atoms with Crippen molar-refractivity contribution in [3.63, 3.8) is 0 Å². The molecule has 3 aromatic rings. The highest BCUT2D eigenvalue weighted by atomic mass is 16.5. The number of nitrogens with zero attached hydrogens (tertiary/aromatic N) is 1. The third-order valence-corrected chi connectivity index (χ3v) is 7.39. The van der Waals surface area contributed by atoms with Crippen molar-refractivity contribution in [2.24, 2.45) is 0 Å². The number of nitrogens with one attached hydrogen (secondary N) is 1. The van der Waals surface area contributed by atoms with Crippen LogP contribution in [0.25, 0.3) is 0 Å². The molecule has 0 aromatic heterocycles. The van der Waals surface area contributed by atoms with Crippen molar-refractivity contribution >= 4 is 11.8 Å². The van der Waals surface area contributed by atoms with Crippen LogP contribution in [0, 0.1) is 20.8 Å². The van der Waals surface area contributed by atoms with Gasteiger partial charge < -0.3 is 15.0 Å². The lowest BCUT2D eigenvalue weighted by atomic mass is 9.94. The highest BCUT2D eigenvalue weighted by molar-refractivity contribution is 5.88. The Labute approximate surface area is 227 Å². The van der Waals surface area contributed by atoms with Gasteiger partial charge in [0.1, 0.15) is 11.8 Å². The molecule has 0 unspecified atom stereocenters. The monoisotopic (exact) mass is 512 g/mol. The van der Waals surface area contributed by atoms with E-state index in [1.807, 2.05) is 93.6 Å². The zero-order chi connectivity index (χ0) is 26.9. The van der Waals surface area contributed by atoms with Crippen molar-refractivity contribution in [2.45, 2.75) is 77.9 Å². The van der Waals surface area contributed by atoms with Gasteiger partial charge >= 0.3 is 0 Å². The Morgan fingerprint density at radius 1 is 0.868 bits per heavy atom. The van der Waals surface area contributed by atoms with Crippen LogP contribution in [0.1, 0.15) is 59.9 Å². The van der Waals surface area contributed by atoms with E-state index in [1.165, 1.54) is 6.42 Å². The molecule has 0 aliphatic heterocycles. The van der Waals surface area contributed by atoms with Gasteiger partial charge in [0.05, 0.1) is 0 Å². The number of ether oxygens (including phenoxy) is 1. The van der Waals surface area contributed by atoms with E-state index in [9.17, 15) is 9.59 Å². The standard InChI is InChI=1S/C33H40N2O3/c1-24-15-18-28(19-16-24)22-35(32(36)23-38-31-20-25(2)14-17-26(31)3)30(21-27-10-6-4-7-11-27)33(37)34-29-12-8-5-9-13-29/h4,6-7,10-11,14-20,29-30H,5,8-9,12-13,21-23H2,1-3H3,(H,34,37)/t30-/m1/s1. The largest absolute Gasteiger partial charge is 0.483 e. The number of carbonyl (C=O) groups excluding carboxylic acids is 2. The van der Waals surface area contributed by atoms with Crippen molar-refractivity contribution in [1.82, 2.24) is 10.2 Å². The van der Waals surface area contributed by atoms with Crippen LogP contribution in [0.2, 0.25) is 0 Å². The highest BCUT2D eigenvalue weighted by Gasteiger charge is 2.32. The highest BCUT2D eigenvalue weighted by Crippen LogP contribution is 2.22. The molecule has 5 nitrogen and oxygen atoms in total. The smallest absolute Gasteiger partial charge is 0.261 e. The summed E-state index contributed by atoms with van der Waals surface area (Å²) in [6, 6.07) is 23.6. The van der Waals surface area contributed by atoms with Gasteiger partial charge in [-0.1, -0.05) is 91.6 Å². The molecule has 2 amide bonds. The van der Waals surface area contributed by atoms with Crippen LogP contribution >= 0.6 is 0 Å². The predicted molar refractivity (Wildman–Crippen MR) is 152 cm³/mol. The van der Waals surface area contributed by atoms with Gasteiger partial charge in [0, 0.05) is 19.0 Å². The maximum Gasteiger partial charge on any atom is 0.261 e. The quantitative estimate of drug-likeness (QED) is 0.358. The SMILES string of the molecule is Cc1ccc(CN(C(=O)COc2cc(C)ccc2C)[C@H](Cc2ccccc2)C(=O)NC2CCCCC2)cc1. The van der Waals surface area contributed by atoms with Gasteiger partial charge in [-0.25, -0.2) is 0 Å². The van der Waals surface area contributed by atoms with Crippen molar-refractivity contribution in [1.29, 1.82) is 0 Å². The van der Waals surface area contributed by atoms with E-state index >= 15 is 0 Å². The molecular formula is C33H40N2O3. The summed E-state index contributed by atoms with van der Waals surface area (Å²) in [4.78, 5) is 29.4. The minimum absolute atomic E-state index is 0.0899. The zero-order valence-electron chi connectivity index (χ0n) is 22.9. The van der Waals surface area contributed by atoms with Crippen LogP contribution in [0.5, 0.6) is 5.75 Å². The first-order valence-electron chi connectivity index (χ1n) is 13.8. The van der Waals surface area contributed by atoms with E-state index in [0.717, 1.165) is 53.5 Å². The first kappa shape index (κ1) is 27.4. The van der Waals surface area contributed by atoms with Crippen LogP contribution in [-0.4, -0.2) is 35.4 Å². The lowest BCUT2D eigenvalue weighted by molar-refractivity contribution is -0.143. The van der Waals surface area contributed by atoms with E-state index < -0.39 is 6.04 Å². The van der Waals surface area contributed by atoms with E-state index in [-0.39, 0.29) is 24.5 Å². The number of rotatable bonds is 10. The predicted octanol–water partition coefficient (Wildman–Crippen LogP) is 6.08. The number of carbonyl (C=O) groups is 2. The Kier molecular flexibility index (Phi) is 9.58. The van der Waals surface area contributed by atoms with E-state index in [2.05, 4.69) is 5.32 Å². The second-order valence-corrected chi connectivity index (χ2v) is 10.6. The summed E-state index contributed by atoms with van der Waals surface area (Å²) in [7, 11) is 0. The summed E-state index contributed by atoms with van der Waals surface area (Å²) in [6.45, 7) is 6.23. The van der Waals surface area contributed by atoms with E-state index in [0.29, 0.717) is 18.7 Å². The van der Waals surface area contributed by atoms with Crippen LogP contribution in [-0.2, 0) is 22.6 Å². The van der Waals surface area contributed by atoms with Crippen LogP contribution in [0.15, 0.2) is 72.8 Å². The summed E-state index contributed by atoms with van der Waals surface area (Å²) in [5.74, 6) is 0.402. The molecule has 0 heterocycles. The van der Waals surface area contributed by atoms with Crippen molar-refractivity contribution in [2.75, 3.05) is 6.61 Å². The minimum Gasteiger partial charge on any atom is -0.483 e. The number of benzene rings is 3. The van der Waals surface area contributed by atoms with Gasteiger partial charge in [0.2, 0.25) is 5.91 Å². The van der Waals surface area contributed by atoms with Crippen molar-refractivity contribution < 1.29 is 14.3 Å². The maximum atomic E-state index is 13.8. The van der Waals surface area contributed by atoms with Gasteiger partial charge in [-0.3, -0.25) is 9.59 Å². The van der Waals surface area contributed by atoms with Gasteiger partial charge in [0.15, 0.2) is 6.61 Å². The maximum absolute atomic E-state index is 13.8. The van der Waals surface area contributed by atoms with E-state index in [1.54, 1.807) is 4.90 Å². The molecule has 0 bridgehead atoms. The van der Waals surface area contributed by atoms with E-state index in [4.69, 9.17) is 4.74 Å². The lowest BCUT2D eigenvalue weighted by Crippen LogP contribution is -2.53. The molecule has 1 aliphatic rings. The van der Waals surface area contributed by atoms with Crippen LogP contribution in [0.4, 0.5) is 0 Å². The van der Waals surface area contributed by atoms with Crippen LogP contribution < -0.4 is 10.1 Å². The summed E-state index contributed by atoms with van der Waals surface area (Å²) in [6.07, 6.45) is 5.90. The minimum atomic E-state index is -0.643. The number of aryl methyl sites for hydroxylation is 3. The summed E-state index contributed by atoms with van der Waals surface area (Å²) < 4.78 is 6.02. The molecule has 0 radical (unpaired) electrons. The molecular weight excluding hydrogens is 472 g/mol. The fourth-order valence-corrected chi connectivity index (χ4v) is 5.07. The molecule has 0 spiro atoms. The third-order valence-electron chi connectivity index (χ3n) is 7.39. The van der Waals surface area contributed by atoms with Crippen molar-refractivity contribution in [3.8, 4) is 5.75 Å². The summed E-state index contributed by atoms with van der Waals surface area (Å²) >= 11 is 0. The number of amides is 2. The Bertz CT molecular complexity index is 1200. The Hall–Kier alpha value is -3.60. The van der Waals surface area contributed by atoms with Crippen molar-refractivity contribution in [3.05, 3.63) is 101 Å². The van der Waals surface area contributed by atoms with Gasteiger partial charge in [-0.05, 0) is 61.9 Å². The second kappa shape index (κ2) is 13.3. The second-order valence-electron chi connectivity index (χ2n) is 10.6. The fourth-order valence-electron chi connectivity index (χ4n) is 5.07. The summed E-state index contributed by atoms with van der Waals surface area (Å²) in [5, 5.41) is 3.29. The Balaban J connectivity index is 1.62. The Morgan fingerprint density at radius 3 is 2.26 bits per heavy atom. The molecule has 4 rings (SSSR count). The molecule has 1 fully saturated rings. The molecule has 200 valence electrons. The van der Waals surface area contributed by atoms with Crippen LogP contribution in [0.3, 0.4) is 0 Å². The summed E-state index contributed by atoms with van der Waals surface area (Å²) in [5.41, 5.74) is 5.21. The Morgan fingerprint density at radius 2 is 1.55 bits per heavy atom. The zero-order valence-corrected chi connectivity index (χ0v) is 22.9. The first-order valence-corrected chi connectivity index (χ1v) is 13.8. The first-order chi connectivity index (χ1) is 18.4. The molecule has 3 aromatic carbocycles. The topological polar surface area (TPSA) is 58.6 Å². The molecule has 0 saturated heterocycles. The average Bonchev–Trinajstić information content (AvgIpc) is 2.93. The fraction of sp³-hybridized carbons (Fsp3) is 0.394. The molecule has 5 heteroatoms. The molecule has 1 aliphatic carbocycles. The molecule has 1 saturated carbocycles. The third kappa shape index (κ3) is 7.70. The normalized spacial score (nSPS) is 14.5. The lowest BCUT2D eigenvalue weighted by Gasteiger charge is -2.33. The molecule has 1 N–H and O–H groups in total. The molecule has 38 heavy (non-hydrogen) atoms. The number of hydrogen-bond acceptors (Lipinski definition) is 3. The van der Waals surface area contributed by atoms with Gasteiger partial charge in [-0.15, -0.1) is 0 Å². The van der Waals surface area contributed by atoms with Gasteiger partial charge in [0.25, 0.3) is 5.91 Å². The van der Waals surface area contributed by atoms with Gasteiger partial charge in [-0.2, -0.15) is 0 Å².